The van der Waals surface area contributed by atoms with Gasteiger partial charge in [0, 0.05) is 34.3 Å². The number of rotatable bonds is 5. The number of anilines is 2. The molecule has 3 heterocycles. The van der Waals surface area contributed by atoms with Crippen molar-refractivity contribution in [3.05, 3.63) is 110 Å². The first-order chi connectivity index (χ1) is 17.9. The smallest absolute Gasteiger partial charge is 0.259 e. The molecule has 6 rings (SSSR count). The van der Waals surface area contributed by atoms with Gasteiger partial charge in [0.15, 0.2) is 11.5 Å². The standard InChI is InChI=1S/C28H24Cl2N4O3/c1-18-24(9-19-5-3-2-4-6-19)27(35)34-16-32(14-20-7-8-25-26(10-20)37-17-36-25)15-33(28(34)31-18)23-12-21(29)11-22(30)13-23/h2-8,10-13H,9,14-17H2,1H3. The topological polar surface area (TPSA) is 59.8 Å². The zero-order chi connectivity index (χ0) is 25.5. The van der Waals surface area contributed by atoms with Gasteiger partial charge in [-0.25, -0.2) is 4.98 Å². The van der Waals surface area contributed by atoms with Gasteiger partial charge in [0.1, 0.15) is 0 Å². The summed E-state index contributed by atoms with van der Waals surface area (Å²) in [6, 6.07) is 21.2. The Labute approximate surface area is 224 Å². The Morgan fingerprint density at radius 2 is 1.65 bits per heavy atom. The molecule has 0 atom stereocenters. The fraction of sp³-hybridized carbons (Fsp3) is 0.214. The van der Waals surface area contributed by atoms with Crippen LogP contribution in [0.1, 0.15) is 22.4 Å². The summed E-state index contributed by atoms with van der Waals surface area (Å²) in [5.41, 5.74) is 4.22. The van der Waals surface area contributed by atoms with Crippen molar-refractivity contribution < 1.29 is 9.47 Å². The van der Waals surface area contributed by atoms with E-state index >= 15 is 0 Å². The SMILES string of the molecule is Cc1nc2n(c(=O)c1Cc1ccccc1)CN(Cc1ccc3c(c1)OCO3)CN2c1cc(Cl)cc(Cl)c1. The van der Waals surface area contributed by atoms with Crippen LogP contribution in [-0.2, 0) is 19.6 Å². The van der Waals surface area contributed by atoms with Gasteiger partial charge in [0.2, 0.25) is 12.7 Å². The Bertz CT molecular complexity index is 1520. The molecule has 0 spiro atoms. The van der Waals surface area contributed by atoms with E-state index in [1.807, 2.05) is 72.5 Å². The van der Waals surface area contributed by atoms with Crippen LogP contribution in [0.5, 0.6) is 11.5 Å². The molecule has 0 radical (unpaired) electrons. The predicted octanol–water partition coefficient (Wildman–Crippen LogP) is 5.75. The summed E-state index contributed by atoms with van der Waals surface area (Å²) in [5.74, 6) is 2.04. The molecule has 0 saturated heterocycles. The van der Waals surface area contributed by atoms with Crippen LogP contribution in [0, 0.1) is 6.92 Å². The summed E-state index contributed by atoms with van der Waals surface area (Å²) in [4.78, 5) is 22.9. The maximum atomic E-state index is 13.9. The first-order valence-electron chi connectivity index (χ1n) is 11.9. The van der Waals surface area contributed by atoms with Crippen molar-refractivity contribution in [2.24, 2.45) is 0 Å². The molecule has 37 heavy (non-hydrogen) atoms. The Balaban J connectivity index is 1.41. The van der Waals surface area contributed by atoms with E-state index in [0.29, 0.717) is 53.6 Å². The van der Waals surface area contributed by atoms with Crippen LogP contribution in [-0.4, -0.2) is 27.9 Å². The largest absolute Gasteiger partial charge is 0.454 e. The summed E-state index contributed by atoms with van der Waals surface area (Å²) in [6.07, 6.45) is 0.518. The Morgan fingerprint density at radius 3 is 2.43 bits per heavy atom. The van der Waals surface area contributed by atoms with E-state index in [1.54, 1.807) is 10.6 Å². The van der Waals surface area contributed by atoms with Crippen molar-refractivity contribution >= 4 is 34.8 Å². The van der Waals surface area contributed by atoms with E-state index in [-0.39, 0.29) is 12.4 Å². The van der Waals surface area contributed by atoms with Gasteiger partial charge in [-0.3, -0.25) is 19.2 Å². The lowest BCUT2D eigenvalue weighted by atomic mass is 10.1. The number of ether oxygens (including phenoxy) is 2. The summed E-state index contributed by atoms with van der Waals surface area (Å²) >= 11 is 12.7. The second-order valence-electron chi connectivity index (χ2n) is 9.23. The maximum absolute atomic E-state index is 13.9. The molecular formula is C28H24Cl2N4O3. The van der Waals surface area contributed by atoms with Crippen molar-refractivity contribution in [1.29, 1.82) is 0 Å². The summed E-state index contributed by atoms with van der Waals surface area (Å²) in [6.45, 7) is 3.60. The number of aryl methyl sites for hydroxylation is 1. The molecule has 9 heteroatoms. The van der Waals surface area contributed by atoms with Crippen molar-refractivity contribution in [2.75, 3.05) is 18.4 Å². The minimum absolute atomic E-state index is 0.0557. The fourth-order valence-corrected chi connectivity index (χ4v) is 5.34. The third kappa shape index (κ3) is 4.78. The van der Waals surface area contributed by atoms with Crippen molar-refractivity contribution in [3.8, 4) is 11.5 Å². The lowest BCUT2D eigenvalue weighted by Crippen LogP contribution is -2.47. The van der Waals surface area contributed by atoms with Crippen LogP contribution in [0.25, 0.3) is 0 Å². The molecule has 0 amide bonds. The molecule has 0 fully saturated rings. The average molecular weight is 535 g/mol. The molecule has 0 N–H and O–H groups in total. The Kier molecular flexibility index (Phi) is 6.28. The lowest BCUT2D eigenvalue weighted by Gasteiger charge is -2.38. The van der Waals surface area contributed by atoms with Crippen molar-refractivity contribution in [3.63, 3.8) is 0 Å². The minimum Gasteiger partial charge on any atom is -0.454 e. The molecule has 0 aliphatic carbocycles. The number of aromatic nitrogens is 2. The molecule has 0 saturated carbocycles. The minimum atomic E-state index is -0.0557. The molecule has 0 unspecified atom stereocenters. The zero-order valence-electron chi connectivity index (χ0n) is 20.2. The van der Waals surface area contributed by atoms with Crippen LogP contribution in [0.4, 0.5) is 11.6 Å². The highest BCUT2D eigenvalue weighted by Gasteiger charge is 2.29. The maximum Gasteiger partial charge on any atom is 0.259 e. The molecule has 2 aliphatic heterocycles. The van der Waals surface area contributed by atoms with Gasteiger partial charge < -0.3 is 9.47 Å². The summed E-state index contributed by atoms with van der Waals surface area (Å²) in [5, 5.41) is 1.03. The summed E-state index contributed by atoms with van der Waals surface area (Å²) < 4.78 is 12.7. The third-order valence-corrected chi connectivity index (χ3v) is 7.04. The first kappa shape index (κ1) is 23.9. The highest BCUT2D eigenvalue weighted by molar-refractivity contribution is 6.35. The fourth-order valence-electron chi connectivity index (χ4n) is 4.82. The number of fused-ring (bicyclic) bond motifs is 2. The molecule has 4 aromatic rings. The predicted molar refractivity (Wildman–Crippen MR) is 144 cm³/mol. The lowest BCUT2D eigenvalue weighted by molar-refractivity contribution is 0.173. The third-order valence-electron chi connectivity index (χ3n) is 6.60. The van der Waals surface area contributed by atoms with Gasteiger partial charge in [-0.1, -0.05) is 59.6 Å². The van der Waals surface area contributed by atoms with Gasteiger partial charge in [-0.15, -0.1) is 0 Å². The quantitative estimate of drug-likeness (QED) is 0.325. The second kappa shape index (κ2) is 9.74. The van der Waals surface area contributed by atoms with Crippen LogP contribution < -0.4 is 19.9 Å². The monoisotopic (exact) mass is 534 g/mol. The van der Waals surface area contributed by atoms with Gasteiger partial charge in [0.05, 0.1) is 19.0 Å². The molecule has 1 aromatic heterocycles. The first-order valence-corrected chi connectivity index (χ1v) is 12.7. The number of nitrogens with zero attached hydrogens (tertiary/aromatic N) is 4. The van der Waals surface area contributed by atoms with Gasteiger partial charge in [-0.2, -0.15) is 0 Å². The van der Waals surface area contributed by atoms with Crippen LogP contribution in [0.15, 0.2) is 71.5 Å². The van der Waals surface area contributed by atoms with E-state index in [2.05, 4.69) is 4.90 Å². The highest BCUT2D eigenvalue weighted by Crippen LogP contribution is 2.35. The van der Waals surface area contributed by atoms with Crippen molar-refractivity contribution in [2.45, 2.75) is 26.6 Å². The van der Waals surface area contributed by atoms with Crippen LogP contribution in [0.3, 0.4) is 0 Å². The average Bonchev–Trinajstić information content (AvgIpc) is 3.35. The van der Waals surface area contributed by atoms with E-state index in [9.17, 15) is 4.79 Å². The van der Waals surface area contributed by atoms with Crippen molar-refractivity contribution in [1.82, 2.24) is 14.5 Å². The molecule has 2 aliphatic rings. The van der Waals surface area contributed by atoms with E-state index in [1.165, 1.54) is 0 Å². The van der Waals surface area contributed by atoms with Gasteiger partial charge >= 0.3 is 0 Å². The van der Waals surface area contributed by atoms with E-state index < -0.39 is 0 Å². The van der Waals surface area contributed by atoms with Crippen LogP contribution >= 0.6 is 23.2 Å². The number of benzene rings is 3. The summed E-state index contributed by atoms with van der Waals surface area (Å²) in [7, 11) is 0. The molecule has 188 valence electrons. The van der Waals surface area contributed by atoms with Crippen LogP contribution in [0.2, 0.25) is 10.0 Å². The number of hydrogen-bond acceptors (Lipinski definition) is 6. The molecule has 3 aromatic carbocycles. The molecular weight excluding hydrogens is 511 g/mol. The highest BCUT2D eigenvalue weighted by atomic mass is 35.5. The Hall–Kier alpha value is -3.52. The molecule has 7 nitrogen and oxygen atoms in total. The van der Waals surface area contributed by atoms with E-state index in [0.717, 1.165) is 28.3 Å². The normalized spacial score (nSPS) is 14.6. The number of halogens is 2. The molecule has 0 bridgehead atoms. The van der Waals surface area contributed by atoms with Gasteiger partial charge in [-0.05, 0) is 48.4 Å². The zero-order valence-corrected chi connectivity index (χ0v) is 21.7. The van der Waals surface area contributed by atoms with E-state index in [4.69, 9.17) is 37.7 Å². The second-order valence-corrected chi connectivity index (χ2v) is 10.1. The van der Waals surface area contributed by atoms with Gasteiger partial charge in [0.25, 0.3) is 5.56 Å². The number of hydrogen-bond donors (Lipinski definition) is 0. The Morgan fingerprint density at radius 1 is 0.892 bits per heavy atom.